The maximum Gasteiger partial charge on any atom is 0.134 e. The Morgan fingerprint density at radius 1 is 1.29 bits per heavy atom. The quantitative estimate of drug-likeness (QED) is 0.830. The molecule has 0 heterocycles. The molecule has 0 aromatic heterocycles. The smallest absolute Gasteiger partial charge is 0.134 e. The zero-order valence-electron chi connectivity index (χ0n) is 13.1. The van der Waals surface area contributed by atoms with Gasteiger partial charge in [-0.2, -0.15) is 5.26 Å². The van der Waals surface area contributed by atoms with Crippen molar-refractivity contribution in [2.75, 3.05) is 6.61 Å². The van der Waals surface area contributed by atoms with Crippen LogP contribution in [0.5, 0.6) is 0 Å². The van der Waals surface area contributed by atoms with Gasteiger partial charge in [0.05, 0.1) is 18.8 Å². The summed E-state index contributed by atoms with van der Waals surface area (Å²) in [5.74, 6) is 0. The molecule has 1 N–H and O–H groups in total. The van der Waals surface area contributed by atoms with Crippen LogP contribution in [0.15, 0.2) is 30.3 Å². The summed E-state index contributed by atoms with van der Waals surface area (Å²) in [6.07, 6.45) is 5.97. The Morgan fingerprint density at radius 2 is 1.95 bits per heavy atom. The highest BCUT2D eigenvalue weighted by atomic mass is 16.5. The topological polar surface area (TPSA) is 45.0 Å². The highest BCUT2D eigenvalue weighted by Gasteiger charge is 2.32. The molecule has 0 amide bonds. The second-order valence-electron chi connectivity index (χ2n) is 6.21. The minimum absolute atomic E-state index is 0.247. The molecule has 3 heteroatoms. The first kappa shape index (κ1) is 16.0. The zero-order chi connectivity index (χ0) is 15.1. The van der Waals surface area contributed by atoms with E-state index in [1.807, 2.05) is 30.3 Å². The van der Waals surface area contributed by atoms with Crippen LogP contribution >= 0.6 is 0 Å². The van der Waals surface area contributed by atoms with Crippen LogP contribution in [-0.2, 0) is 10.3 Å². The molecule has 1 aliphatic carbocycles. The zero-order valence-corrected chi connectivity index (χ0v) is 13.1. The number of nitrogens with zero attached hydrogens (tertiary/aromatic N) is 1. The van der Waals surface area contributed by atoms with Gasteiger partial charge in [0.25, 0.3) is 0 Å². The maximum absolute atomic E-state index is 9.80. The number of nitrogens with one attached hydrogen (secondary N) is 1. The Bertz CT molecular complexity index is 460. The monoisotopic (exact) mass is 286 g/mol. The van der Waals surface area contributed by atoms with E-state index in [2.05, 4.69) is 25.2 Å². The lowest BCUT2D eigenvalue weighted by atomic mass is 9.87. The lowest BCUT2D eigenvalue weighted by molar-refractivity contribution is 0.0462. The molecule has 1 aromatic rings. The molecule has 0 bridgehead atoms. The van der Waals surface area contributed by atoms with Gasteiger partial charge in [-0.25, -0.2) is 0 Å². The van der Waals surface area contributed by atoms with E-state index in [1.54, 1.807) is 0 Å². The van der Waals surface area contributed by atoms with Crippen LogP contribution in [0.4, 0.5) is 0 Å². The van der Waals surface area contributed by atoms with E-state index in [1.165, 1.54) is 25.7 Å². The van der Waals surface area contributed by atoms with Crippen LogP contribution in [0, 0.1) is 11.3 Å². The van der Waals surface area contributed by atoms with Crippen molar-refractivity contribution in [3.05, 3.63) is 35.9 Å². The molecule has 1 atom stereocenters. The van der Waals surface area contributed by atoms with E-state index < -0.39 is 5.54 Å². The van der Waals surface area contributed by atoms with Gasteiger partial charge in [0.2, 0.25) is 0 Å². The van der Waals surface area contributed by atoms with Gasteiger partial charge < -0.3 is 4.74 Å². The Kier molecular flexibility index (Phi) is 5.78. The normalized spacial score (nSPS) is 18.6. The molecule has 0 saturated heterocycles. The van der Waals surface area contributed by atoms with E-state index in [0.717, 1.165) is 5.56 Å². The summed E-state index contributed by atoms with van der Waals surface area (Å²) in [5, 5.41) is 13.2. The summed E-state index contributed by atoms with van der Waals surface area (Å²) >= 11 is 0. The van der Waals surface area contributed by atoms with Crippen LogP contribution < -0.4 is 5.32 Å². The number of nitriles is 1. The van der Waals surface area contributed by atoms with Gasteiger partial charge in [-0.1, -0.05) is 43.2 Å². The molecule has 1 saturated carbocycles. The van der Waals surface area contributed by atoms with E-state index in [9.17, 15) is 5.26 Å². The molecule has 3 nitrogen and oxygen atoms in total. The van der Waals surface area contributed by atoms with Gasteiger partial charge in [-0.05, 0) is 32.3 Å². The third-order valence-corrected chi connectivity index (χ3v) is 4.13. The molecular weight excluding hydrogens is 260 g/mol. The highest BCUT2D eigenvalue weighted by molar-refractivity contribution is 5.31. The first-order valence-electron chi connectivity index (χ1n) is 8.02. The van der Waals surface area contributed by atoms with Crippen LogP contribution in [0.1, 0.15) is 51.5 Å². The van der Waals surface area contributed by atoms with Gasteiger partial charge in [-0.15, -0.1) is 0 Å². The van der Waals surface area contributed by atoms with E-state index in [4.69, 9.17) is 4.74 Å². The van der Waals surface area contributed by atoms with Crippen LogP contribution in [-0.4, -0.2) is 18.8 Å². The Balaban J connectivity index is 2.06. The Morgan fingerprint density at radius 3 is 2.52 bits per heavy atom. The fraction of sp³-hybridized carbons (Fsp3) is 0.611. The van der Waals surface area contributed by atoms with Gasteiger partial charge in [0.1, 0.15) is 5.54 Å². The van der Waals surface area contributed by atoms with Gasteiger partial charge in [0, 0.05) is 12.5 Å². The molecule has 1 fully saturated rings. The standard InChI is InChI=1S/C18H26N2O/c1-15(2)20-18(14-19,16-8-4-3-5-9-16)12-13-21-17-10-6-7-11-17/h3-5,8-9,15,17,20H,6-7,10-13H2,1-2H3. The summed E-state index contributed by atoms with van der Waals surface area (Å²) in [5.41, 5.74) is 0.366. The number of hydrogen-bond acceptors (Lipinski definition) is 3. The van der Waals surface area contributed by atoms with E-state index >= 15 is 0 Å². The SMILES string of the molecule is CC(C)NC(C#N)(CCOC1CCCC1)c1ccccc1. The Hall–Kier alpha value is -1.37. The van der Waals surface area contributed by atoms with Gasteiger partial charge in [-0.3, -0.25) is 5.32 Å². The molecule has 0 spiro atoms. The lowest BCUT2D eigenvalue weighted by Gasteiger charge is -2.31. The predicted octanol–water partition coefficient (Wildman–Crippen LogP) is 3.75. The average Bonchev–Trinajstić information content (AvgIpc) is 3.00. The van der Waals surface area contributed by atoms with Crippen molar-refractivity contribution >= 4 is 0 Å². The molecule has 0 aliphatic heterocycles. The largest absolute Gasteiger partial charge is 0.378 e. The van der Waals surface area contributed by atoms with Gasteiger partial charge >= 0.3 is 0 Å². The summed E-state index contributed by atoms with van der Waals surface area (Å²) in [7, 11) is 0. The van der Waals surface area contributed by atoms with Crippen molar-refractivity contribution in [1.29, 1.82) is 5.26 Å². The molecule has 1 unspecified atom stereocenters. The van der Waals surface area contributed by atoms with Crippen molar-refractivity contribution in [2.24, 2.45) is 0 Å². The van der Waals surface area contributed by atoms with Crippen LogP contribution in [0.2, 0.25) is 0 Å². The minimum Gasteiger partial charge on any atom is -0.378 e. The summed E-state index contributed by atoms with van der Waals surface area (Å²) in [4.78, 5) is 0. The average molecular weight is 286 g/mol. The second-order valence-corrected chi connectivity index (χ2v) is 6.21. The van der Waals surface area contributed by atoms with Crippen LogP contribution in [0.3, 0.4) is 0 Å². The number of rotatable bonds is 7. The van der Waals surface area contributed by atoms with Crippen molar-refractivity contribution in [3.63, 3.8) is 0 Å². The fourth-order valence-corrected chi connectivity index (χ4v) is 3.10. The number of benzene rings is 1. The summed E-state index contributed by atoms with van der Waals surface area (Å²) < 4.78 is 5.97. The van der Waals surface area contributed by atoms with E-state index in [-0.39, 0.29) is 6.04 Å². The molecule has 114 valence electrons. The molecule has 1 aliphatic rings. The van der Waals surface area contributed by atoms with Gasteiger partial charge in [0.15, 0.2) is 0 Å². The highest BCUT2D eigenvalue weighted by Crippen LogP contribution is 2.27. The third kappa shape index (κ3) is 4.30. The molecule has 1 aromatic carbocycles. The first-order valence-corrected chi connectivity index (χ1v) is 8.02. The first-order chi connectivity index (χ1) is 10.2. The number of hydrogen-bond donors (Lipinski definition) is 1. The molecular formula is C18H26N2O. The lowest BCUT2D eigenvalue weighted by Crippen LogP contribution is -2.46. The summed E-state index contributed by atoms with van der Waals surface area (Å²) in [6.45, 7) is 4.78. The van der Waals surface area contributed by atoms with E-state index in [0.29, 0.717) is 19.1 Å². The molecule has 21 heavy (non-hydrogen) atoms. The maximum atomic E-state index is 9.80. The fourth-order valence-electron chi connectivity index (χ4n) is 3.10. The molecule has 2 rings (SSSR count). The molecule has 0 radical (unpaired) electrons. The van der Waals surface area contributed by atoms with Crippen molar-refractivity contribution in [2.45, 2.75) is 63.6 Å². The predicted molar refractivity (Wildman–Crippen MR) is 84.8 cm³/mol. The van der Waals surface area contributed by atoms with Crippen molar-refractivity contribution in [1.82, 2.24) is 5.32 Å². The van der Waals surface area contributed by atoms with Crippen LogP contribution in [0.25, 0.3) is 0 Å². The van der Waals surface area contributed by atoms with Crippen molar-refractivity contribution in [3.8, 4) is 6.07 Å². The summed E-state index contributed by atoms with van der Waals surface area (Å²) in [6, 6.07) is 12.7. The van der Waals surface area contributed by atoms with Crippen molar-refractivity contribution < 1.29 is 4.74 Å². The second kappa shape index (κ2) is 7.59. The number of ether oxygens (including phenoxy) is 1. The minimum atomic E-state index is -0.659. The Labute approximate surface area is 128 Å². The third-order valence-electron chi connectivity index (χ3n) is 4.13.